The molecule has 1 aromatic carbocycles. The van der Waals surface area contributed by atoms with Crippen molar-refractivity contribution < 1.29 is 4.74 Å². The average Bonchev–Trinajstić information content (AvgIpc) is 2.37. The van der Waals surface area contributed by atoms with Gasteiger partial charge in [-0.1, -0.05) is 29.3 Å². The van der Waals surface area contributed by atoms with Gasteiger partial charge in [0, 0.05) is 28.8 Å². The van der Waals surface area contributed by atoms with Crippen LogP contribution in [-0.4, -0.2) is 13.2 Å². The first-order valence-electron chi connectivity index (χ1n) is 6.54. The lowest BCUT2D eigenvalue weighted by Gasteiger charge is -2.55. The van der Waals surface area contributed by atoms with Crippen molar-refractivity contribution in [3.05, 3.63) is 33.8 Å². The van der Waals surface area contributed by atoms with Gasteiger partial charge in [0.1, 0.15) is 0 Å². The Morgan fingerprint density at radius 1 is 1.11 bits per heavy atom. The lowest BCUT2D eigenvalue weighted by Crippen LogP contribution is -2.51. The van der Waals surface area contributed by atoms with Crippen LogP contribution in [0.15, 0.2) is 18.2 Å². The van der Waals surface area contributed by atoms with Gasteiger partial charge in [-0.15, -0.1) is 0 Å². The summed E-state index contributed by atoms with van der Waals surface area (Å²) in [6, 6.07) is 7.93. The van der Waals surface area contributed by atoms with Crippen molar-refractivity contribution in [3.63, 3.8) is 0 Å². The van der Waals surface area contributed by atoms with E-state index >= 15 is 0 Å². The minimum Gasteiger partial charge on any atom is -0.381 e. The molecule has 0 amide bonds. The number of hydrogen-bond donors (Lipinski definition) is 0. The molecule has 1 saturated carbocycles. The van der Waals surface area contributed by atoms with Gasteiger partial charge >= 0.3 is 0 Å². The number of rotatable bonds is 1. The van der Waals surface area contributed by atoms with E-state index in [-0.39, 0.29) is 5.41 Å². The molecular weight excluding hydrogens is 281 g/mol. The summed E-state index contributed by atoms with van der Waals surface area (Å²) in [5, 5.41) is 10.9. The Morgan fingerprint density at radius 3 is 2.21 bits per heavy atom. The molecule has 19 heavy (non-hydrogen) atoms. The highest BCUT2D eigenvalue weighted by Crippen LogP contribution is 2.61. The van der Waals surface area contributed by atoms with E-state index in [1.807, 2.05) is 18.2 Å². The van der Waals surface area contributed by atoms with Gasteiger partial charge in [-0.3, -0.25) is 0 Å². The van der Waals surface area contributed by atoms with E-state index in [1.165, 1.54) is 0 Å². The van der Waals surface area contributed by atoms with E-state index in [9.17, 15) is 5.26 Å². The van der Waals surface area contributed by atoms with Crippen molar-refractivity contribution in [1.82, 2.24) is 0 Å². The average molecular weight is 296 g/mol. The topological polar surface area (TPSA) is 33.0 Å². The summed E-state index contributed by atoms with van der Waals surface area (Å²) < 4.78 is 5.42. The van der Waals surface area contributed by atoms with Gasteiger partial charge in [0.05, 0.1) is 11.5 Å². The smallest absolute Gasteiger partial charge is 0.0861 e. The second kappa shape index (κ2) is 4.66. The van der Waals surface area contributed by atoms with Crippen LogP contribution >= 0.6 is 23.2 Å². The van der Waals surface area contributed by atoms with E-state index in [0.717, 1.165) is 44.5 Å². The van der Waals surface area contributed by atoms with E-state index < -0.39 is 5.41 Å². The Labute approximate surface area is 123 Å². The molecule has 0 radical (unpaired) electrons. The Morgan fingerprint density at radius 2 is 1.68 bits per heavy atom. The fourth-order valence-electron chi connectivity index (χ4n) is 3.65. The molecule has 2 nitrogen and oxygen atoms in total. The maximum Gasteiger partial charge on any atom is 0.0861 e. The molecule has 0 bridgehead atoms. The molecule has 1 aliphatic heterocycles. The molecule has 2 fully saturated rings. The van der Waals surface area contributed by atoms with Gasteiger partial charge in [0.2, 0.25) is 0 Å². The van der Waals surface area contributed by atoms with Gasteiger partial charge < -0.3 is 4.74 Å². The second-order valence-electron chi connectivity index (χ2n) is 5.76. The normalized spacial score (nSPS) is 23.6. The molecule has 3 rings (SSSR count). The van der Waals surface area contributed by atoms with E-state index in [0.29, 0.717) is 10.0 Å². The number of hydrogen-bond acceptors (Lipinski definition) is 2. The third kappa shape index (κ3) is 2.05. The first-order chi connectivity index (χ1) is 9.11. The van der Waals surface area contributed by atoms with E-state index in [2.05, 4.69) is 6.07 Å². The van der Waals surface area contributed by atoms with Crippen LogP contribution in [0.25, 0.3) is 0 Å². The summed E-state index contributed by atoms with van der Waals surface area (Å²) >= 11 is 12.5. The number of benzene rings is 1. The number of halogens is 2. The number of ether oxygens (including phenoxy) is 1. The predicted molar refractivity (Wildman–Crippen MR) is 75.5 cm³/mol. The highest BCUT2D eigenvalue weighted by molar-refractivity contribution is 6.36. The van der Waals surface area contributed by atoms with Crippen LogP contribution in [0.5, 0.6) is 0 Å². The zero-order valence-electron chi connectivity index (χ0n) is 10.6. The van der Waals surface area contributed by atoms with E-state index in [4.69, 9.17) is 27.9 Å². The zero-order valence-corrected chi connectivity index (χ0v) is 12.1. The summed E-state index contributed by atoms with van der Waals surface area (Å²) in [7, 11) is 0. The number of nitriles is 1. The summed E-state index contributed by atoms with van der Waals surface area (Å²) in [6.45, 7) is 1.61. The summed E-state index contributed by atoms with van der Waals surface area (Å²) in [5.41, 5.74) is 0.571. The molecule has 1 spiro atoms. The van der Waals surface area contributed by atoms with Gasteiger partial charge in [-0.05, 0) is 43.2 Å². The molecule has 4 heteroatoms. The maximum absolute atomic E-state index is 9.65. The standard InChI is InChI=1S/C15H15Cl2NO/c16-11-2-1-3-12(17)13(11)15(10-18)8-14(9-15)4-6-19-7-5-14/h1-3H,4-9H2. The fraction of sp³-hybridized carbons (Fsp3) is 0.533. The quantitative estimate of drug-likeness (QED) is 0.772. The maximum atomic E-state index is 9.65. The van der Waals surface area contributed by atoms with Crippen LogP contribution in [0.1, 0.15) is 31.2 Å². The molecule has 1 aromatic rings. The Hall–Kier alpha value is -0.750. The molecule has 100 valence electrons. The number of nitrogens with zero attached hydrogens (tertiary/aromatic N) is 1. The summed E-state index contributed by atoms with van der Waals surface area (Å²) in [4.78, 5) is 0. The van der Waals surface area contributed by atoms with Gasteiger partial charge in [-0.25, -0.2) is 0 Å². The third-order valence-electron chi connectivity index (χ3n) is 4.56. The highest BCUT2D eigenvalue weighted by atomic mass is 35.5. The predicted octanol–water partition coefficient (Wildman–Crippen LogP) is 4.35. The van der Waals surface area contributed by atoms with Crippen molar-refractivity contribution >= 4 is 23.2 Å². The largest absolute Gasteiger partial charge is 0.381 e. The monoisotopic (exact) mass is 295 g/mol. The van der Waals surface area contributed by atoms with Crippen LogP contribution in [0.4, 0.5) is 0 Å². The molecule has 0 unspecified atom stereocenters. The van der Waals surface area contributed by atoms with Crippen molar-refractivity contribution in [2.45, 2.75) is 31.1 Å². The molecule has 2 aliphatic rings. The minimum atomic E-state index is -0.507. The van der Waals surface area contributed by atoms with Gasteiger partial charge in [0.15, 0.2) is 0 Å². The molecular formula is C15H15Cl2NO. The van der Waals surface area contributed by atoms with Crippen LogP contribution in [0.2, 0.25) is 10.0 Å². The Kier molecular flexibility index (Phi) is 3.25. The Balaban J connectivity index is 1.93. The minimum absolute atomic E-state index is 0.260. The van der Waals surface area contributed by atoms with Gasteiger partial charge in [0.25, 0.3) is 0 Å². The van der Waals surface area contributed by atoms with Crippen LogP contribution < -0.4 is 0 Å². The highest BCUT2D eigenvalue weighted by Gasteiger charge is 2.57. The van der Waals surface area contributed by atoms with Crippen LogP contribution in [0.3, 0.4) is 0 Å². The first kappa shape index (κ1) is 13.2. The van der Waals surface area contributed by atoms with Crippen molar-refractivity contribution in [3.8, 4) is 6.07 Å². The zero-order chi connectivity index (χ0) is 13.5. The van der Waals surface area contributed by atoms with Crippen LogP contribution in [0, 0.1) is 16.7 Å². The third-order valence-corrected chi connectivity index (χ3v) is 5.19. The van der Waals surface area contributed by atoms with Crippen molar-refractivity contribution in [2.24, 2.45) is 5.41 Å². The molecule has 1 aliphatic carbocycles. The molecule has 0 aromatic heterocycles. The van der Waals surface area contributed by atoms with Crippen molar-refractivity contribution in [2.75, 3.05) is 13.2 Å². The van der Waals surface area contributed by atoms with Crippen LogP contribution in [-0.2, 0) is 10.2 Å². The van der Waals surface area contributed by atoms with Crippen molar-refractivity contribution in [1.29, 1.82) is 5.26 Å². The fourth-order valence-corrected chi connectivity index (χ4v) is 4.41. The Bertz CT molecular complexity index is 515. The second-order valence-corrected chi connectivity index (χ2v) is 6.57. The molecule has 1 saturated heterocycles. The molecule has 0 atom stereocenters. The first-order valence-corrected chi connectivity index (χ1v) is 7.30. The molecule has 0 N–H and O–H groups in total. The SMILES string of the molecule is N#CC1(c2c(Cl)cccc2Cl)CC2(CCOCC2)C1. The lowest BCUT2D eigenvalue weighted by atomic mass is 9.48. The van der Waals surface area contributed by atoms with Gasteiger partial charge in [-0.2, -0.15) is 5.26 Å². The summed E-state index contributed by atoms with van der Waals surface area (Å²) in [5.74, 6) is 0. The summed E-state index contributed by atoms with van der Waals surface area (Å²) in [6.07, 6.45) is 3.78. The van der Waals surface area contributed by atoms with E-state index in [1.54, 1.807) is 0 Å². The molecule has 1 heterocycles. The lowest BCUT2D eigenvalue weighted by molar-refractivity contribution is -0.0577.